The number of carbonyl (C=O) groups is 1. The average molecular weight is 459 g/mol. The summed E-state index contributed by atoms with van der Waals surface area (Å²) >= 11 is 6.35. The number of rotatable bonds is 4. The van der Waals surface area contributed by atoms with Crippen LogP contribution in [0.15, 0.2) is 59.6 Å². The summed E-state index contributed by atoms with van der Waals surface area (Å²) < 4.78 is 22.8. The van der Waals surface area contributed by atoms with E-state index in [2.05, 4.69) is 15.3 Å². The second kappa shape index (κ2) is 7.80. The van der Waals surface area contributed by atoms with Crippen LogP contribution in [-0.2, 0) is 14.8 Å². The summed E-state index contributed by atoms with van der Waals surface area (Å²) in [6.07, 6.45) is 1.56. The Bertz CT molecular complexity index is 1270. The predicted octanol–water partition coefficient (Wildman–Crippen LogP) is 2.67. The molecule has 0 spiro atoms. The topological polar surface area (TPSA) is 122 Å². The van der Waals surface area contributed by atoms with Crippen LogP contribution in [0.2, 0.25) is 5.02 Å². The molecule has 4 rings (SSSR count). The normalized spacial score (nSPS) is 16.3. The van der Waals surface area contributed by atoms with Crippen molar-refractivity contribution in [1.29, 1.82) is 0 Å². The van der Waals surface area contributed by atoms with Crippen LogP contribution in [-0.4, -0.2) is 38.4 Å². The molecular weight excluding hydrogens is 440 g/mol. The summed E-state index contributed by atoms with van der Waals surface area (Å²) in [7, 11) is -0.333. The van der Waals surface area contributed by atoms with Gasteiger partial charge in [0.25, 0.3) is 5.91 Å². The Kier molecular flexibility index (Phi) is 5.29. The van der Waals surface area contributed by atoms with Crippen LogP contribution in [0.3, 0.4) is 0 Å². The molecule has 1 aliphatic rings. The quantitative estimate of drug-likeness (QED) is 0.616. The number of nitrogens with one attached hydrogen (secondary N) is 1. The Balaban J connectivity index is 1.68. The maximum absolute atomic E-state index is 13.0. The number of nitrogens with zero attached hydrogens (tertiary/aromatic N) is 4. The van der Waals surface area contributed by atoms with Crippen molar-refractivity contribution in [3.63, 3.8) is 0 Å². The standard InChI is InChI=1S/C20H19ClN6O3S/c1-26-16-11-23-20(24-12-7-9-13(10-8-12)31(22,29)30)25-18(16)27(2)17(19(26)28)14-5-3-4-6-15(14)21/h3-11,17H,1-2H3,(H2,22,29,30)(H,23,24,25)/t17-/m0/s1. The summed E-state index contributed by atoms with van der Waals surface area (Å²) in [4.78, 5) is 25.2. The molecule has 1 aromatic heterocycles. The van der Waals surface area contributed by atoms with Gasteiger partial charge in [0.15, 0.2) is 5.82 Å². The number of hydrogen-bond acceptors (Lipinski definition) is 7. The molecule has 0 aliphatic carbocycles. The van der Waals surface area contributed by atoms with Gasteiger partial charge in [0, 0.05) is 30.4 Å². The third-order valence-electron chi connectivity index (χ3n) is 5.04. The first-order valence-corrected chi connectivity index (χ1v) is 11.1. The summed E-state index contributed by atoms with van der Waals surface area (Å²) in [5, 5.41) is 8.65. The lowest BCUT2D eigenvalue weighted by Gasteiger charge is -2.38. The van der Waals surface area contributed by atoms with Crippen molar-refractivity contribution in [2.24, 2.45) is 5.14 Å². The van der Waals surface area contributed by atoms with Crippen LogP contribution in [0.5, 0.6) is 0 Å². The number of amides is 1. The molecule has 3 aromatic rings. The van der Waals surface area contributed by atoms with Gasteiger partial charge in [0.2, 0.25) is 16.0 Å². The molecule has 1 aliphatic heterocycles. The summed E-state index contributed by atoms with van der Waals surface area (Å²) in [5.41, 5.74) is 1.82. The highest BCUT2D eigenvalue weighted by Crippen LogP contribution is 2.40. The molecule has 0 bridgehead atoms. The van der Waals surface area contributed by atoms with Crippen molar-refractivity contribution in [2.75, 3.05) is 29.2 Å². The number of aromatic nitrogens is 2. The molecule has 1 amide bonds. The van der Waals surface area contributed by atoms with E-state index >= 15 is 0 Å². The molecule has 2 aromatic carbocycles. The van der Waals surface area contributed by atoms with E-state index in [1.165, 1.54) is 17.0 Å². The number of primary sulfonamides is 1. The number of fused-ring (bicyclic) bond motifs is 1. The van der Waals surface area contributed by atoms with Gasteiger partial charge >= 0.3 is 0 Å². The largest absolute Gasteiger partial charge is 0.342 e. The molecule has 0 saturated carbocycles. The first-order valence-electron chi connectivity index (χ1n) is 9.18. The van der Waals surface area contributed by atoms with E-state index in [0.717, 1.165) is 0 Å². The first-order chi connectivity index (χ1) is 14.7. The fourth-order valence-corrected chi connectivity index (χ4v) is 4.16. The molecule has 0 fully saturated rings. The SMILES string of the molecule is CN1C(=O)[C@H](c2ccccc2Cl)N(C)c2nc(Nc3ccc(S(N)(=O)=O)cc3)ncc21. The van der Waals surface area contributed by atoms with E-state index < -0.39 is 16.1 Å². The third kappa shape index (κ3) is 3.92. The zero-order valence-corrected chi connectivity index (χ0v) is 18.2. The summed E-state index contributed by atoms with van der Waals surface area (Å²) in [5.74, 6) is 0.686. The molecular formula is C20H19ClN6O3S. The summed E-state index contributed by atoms with van der Waals surface area (Å²) in [6.45, 7) is 0. The number of benzene rings is 2. The van der Waals surface area contributed by atoms with Gasteiger partial charge in [-0.15, -0.1) is 0 Å². The summed E-state index contributed by atoms with van der Waals surface area (Å²) in [6, 6.07) is 12.5. The monoisotopic (exact) mass is 458 g/mol. The zero-order valence-electron chi connectivity index (χ0n) is 16.7. The molecule has 2 heterocycles. The molecule has 1 atom stereocenters. The predicted molar refractivity (Wildman–Crippen MR) is 119 cm³/mol. The number of halogens is 1. The van der Waals surface area contributed by atoms with Gasteiger partial charge in [-0.1, -0.05) is 29.8 Å². The molecule has 3 N–H and O–H groups in total. The fourth-order valence-electron chi connectivity index (χ4n) is 3.41. The van der Waals surface area contributed by atoms with Crippen molar-refractivity contribution in [1.82, 2.24) is 9.97 Å². The number of anilines is 4. The van der Waals surface area contributed by atoms with Gasteiger partial charge in [0.1, 0.15) is 11.7 Å². The van der Waals surface area contributed by atoms with Crippen LogP contribution in [0.1, 0.15) is 11.6 Å². The van der Waals surface area contributed by atoms with Crippen LogP contribution >= 0.6 is 11.6 Å². The minimum absolute atomic E-state index is 0.00635. The van der Waals surface area contributed by atoms with Gasteiger partial charge in [0.05, 0.1) is 11.1 Å². The fraction of sp³-hybridized carbons (Fsp3) is 0.150. The van der Waals surface area contributed by atoms with Crippen molar-refractivity contribution in [2.45, 2.75) is 10.9 Å². The van der Waals surface area contributed by atoms with E-state index in [1.807, 2.05) is 18.2 Å². The second-order valence-electron chi connectivity index (χ2n) is 7.03. The number of sulfonamides is 1. The van der Waals surface area contributed by atoms with Crippen LogP contribution in [0.25, 0.3) is 0 Å². The zero-order chi connectivity index (χ0) is 22.3. The van der Waals surface area contributed by atoms with Gasteiger partial charge in [-0.3, -0.25) is 4.79 Å². The molecule has 0 saturated heterocycles. The van der Waals surface area contributed by atoms with E-state index in [1.54, 1.807) is 43.4 Å². The minimum Gasteiger partial charge on any atom is -0.342 e. The molecule has 0 radical (unpaired) electrons. The Hall–Kier alpha value is -3.21. The highest BCUT2D eigenvalue weighted by molar-refractivity contribution is 7.89. The Morgan fingerprint density at radius 2 is 1.77 bits per heavy atom. The maximum Gasteiger partial charge on any atom is 0.254 e. The number of carbonyl (C=O) groups excluding carboxylic acids is 1. The van der Waals surface area contributed by atoms with E-state index in [4.69, 9.17) is 16.7 Å². The lowest BCUT2D eigenvalue weighted by molar-refractivity contribution is -0.120. The Morgan fingerprint density at radius 3 is 2.42 bits per heavy atom. The third-order valence-corrected chi connectivity index (χ3v) is 6.31. The van der Waals surface area contributed by atoms with Gasteiger partial charge < -0.3 is 15.1 Å². The van der Waals surface area contributed by atoms with Crippen molar-refractivity contribution in [3.05, 3.63) is 65.3 Å². The van der Waals surface area contributed by atoms with Crippen molar-refractivity contribution in [3.8, 4) is 0 Å². The molecule has 11 heteroatoms. The van der Waals surface area contributed by atoms with Crippen molar-refractivity contribution >= 4 is 50.7 Å². The van der Waals surface area contributed by atoms with E-state index in [0.29, 0.717) is 27.8 Å². The Morgan fingerprint density at radius 1 is 1.10 bits per heavy atom. The van der Waals surface area contributed by atoms with Gasteiger partial charge in [-0.25, -0.2) is 18.5 Å². The lowest BCUT2D eigenvalue weighted by Crippen LogP contribution is -2.45. The molecule has 31 heavy (non-hydrogen) atoms. The highest BCUT2D eigenvalue weighted by Gasteiger charge is 2.38. The maximum atomic E-state index is 13.0. The van der Waals surface area contributed by atoms with E-state index in [-0.39, 0.29) is 16.8 Å². The number of hydrogen-bond donors (Lipinski definition) is 2. The highest BCUT2D eigenvalue weighted by atomic mass is 35.5. The number of likely N-dealkylation sites (N-methyl/N-ethyl adjacent to an activating group) is 2. The van der Waals surface area contributed by atoms with Gasteiger partial charge in [-0.05, 0) is 30.3 Å². The average Bonchev–Trinajstić information content (AvgIpc) is 2.73. The minimum atomic E-state index is -3.77. The molecule has 0 unspecified atom stereocenters. The van der Waals surface area contributed by atoms with Gasteiger partial charge in [-0.2, -0.15) is 4.98 Å². The Labute approximate surface area is 184 Å². The van der Waals surface area contributed by atoms with Crippen molar-refractivity contribution < 1.29 is 13.2 Å². The lowest BCUT2D eigenvalue weighted by atomic mass is 10.0. The van der Waals surface area contributed by atoms with E-state index in [9.17, 15) is 13.2 Å². The molecule has 160 valence electrons. The second-order valence-corrected chi connectivity index (χ2v) is 9.00. The first kappa shape index (κ1) is 21.0. The smallest absolute Gasteiger partial charge is 0.254 e. The number of nitrogens with two attached hydrogens (primary N) is 1. The molecule has 9 nitrogen and oxygen atoms in total. The van der Waals surface area contributed by atoms with Crippen LogP contribution in [0, 0.1) is 0 Å². The van der Waals surface area contributed by atoms with Crippen LogP contribution < -0.4 is 20.3 Å². The van der Waals surface area contributed by atoms with Crippen LogP contribution in [0.4, 0.5) is 23.1 Å².